The van der Waals surface area contributed by atoms with E-state index in [0.717, 1.165) is 18.2 Å². The lowest BCUT2D eigenvalue weighted by Crippen LogP contribution is -2.58. The highest BCUT2D eigenvalue weighted by atomic mass is 19.4. The van der Waals surface area contributed by atoms with E-state index in [2.05, 4.69) is 5.32 Å². The van der Waals surface area contributed by atoms with Crippen LogP contribution in [0.3, 0.4) is 0 Å². The maximum Gasteiger partial charge on any atom is 0.406 e. The van der Waals surface area contributed by atoms with Crippen LogP contribution in [0.4, 0.5) is 13.2 Å². The molecule has 1 N–H and O–H groups in total. The molecule has 1 unspecified atom stereocenters. The third kappa shape index (κ3) is 4.77. The highest BCUT2D eigenvalue weighted by molar-refractivity contribution is 5.89. The normalized spacial score (nSPS) is 23.3. The molecule has 2 atom stereocenters. The Kier molecular flexibility index (Phi) is 7.15. The summed E-state index contributed by atoms with van der Waals surface area (Å²) in [5, 5.41) is 2.97. The van der Waals surface area contributed by atoms with E-state index in [1.165, 1.54) is 29.2 Å². The number of carbonyl (C=O) groups excluding carboxylic acids is 2. The molecule has 2 amide bonds. The number of ether oxygens (including phenoxy) is 2. The van der Waals surface area contributed by atoms with Gasteiger partial charge in [-0.15, -0.1) is 0 Å². The van der Waals surface area contributed by atoms with E-state index in [9.17, 15) is 22.8 Å². The Morgan fingerprint density at radius 3 is 2.37 bits per heavy atom. The number of hydrogen-bond donors (Lipinski definition) is 1. The Hall–Kier alpha value is -3.07. The van der Waals surface area contributed by atoms with Crippen LogP contribution in [0.5, 0.6) is 5.75 Å². The molecule has 204 valence electrons. The zero-order valence-corrected chi connectivity index (χ0v) is 21.4. The minimum absolute atomic E-state index is 0.0735. The van der Waals surface area contributed by atoms with Crippen LogP contribution in [-0.2, 0) is 19.7 Å². The molecule has 3 aliphatic rings. The highest BCUT2D eigenvalue weighted by Crippen LogP contribution is 2.51. The summed E-state index contributed by atoms with van der Waals surface area (Å²) in [4.78, 5) is 27.4. The predicted octanol–water partition coefficient (Wildman–Crippen LogP) is 4.44. The highest BCUT2D eigenvalue weighted by Gasteiger charge is 2.60. The van der Waals surface area contributed by atoms with Crippen LogP contribution in [0, 0.1) is 11.3 Å². The van der Waals surface area contributed by atoms with Crippen molar-refractivity contribution in [1.29, 1.82) is 0 Å². The second kappa shape index (κ2) is 10.2. The van der Waals surface area contributed by atoms with E-state index in [1.807, 2.05) is 24.3 Å². The van der Waals surface area contributed by atoms with Crippen LogP contribution >= 0.6 is 0 Å². The van der Waals surface area contributed by atoms with Gasteiger partial charge in [0.25, 0.3) is 0 Å². The van der Waals surface area contributed by atoms with E-state index in [4.69, 9.17) is 9.47 Å². The van der Waals surface area contributed by atoms with Gasteiger partial charge in [0.05, 0.1) is 19.8 Å². The molecule has 0 saturated carbocycles. The molecular formula is C29H33F3N2O4. The van der Waals surface area contributed by atoms with E-state index >= 15 is 0 Å². The van der Waals surface area contributed by atoms with E-state index < -0.39 is 22.9 Å². The Bertz CT molecular complexity index is 1160. The number of nitrogens with one attached hydrogen (secondary N) is 1. The third-order valence-electron chi connectivity index (χ3n) is 8.62. The van der Waals surface area contributed by atoms with Crippen molar-refractivity contribution < 1.29 is 32.2 Å². The quantitative estimate of drug-likeness (QED) is 0.600. The topological polar surface area (TPSA) is 67.9 Å². The van der Waals surface area contributed by atoms with E-state index in [-0.39, 0.29) is 36.9 Å². The third-order valence-corrected chi connectivity index (χ3v) is 8.62. The molecule has 0 aliphatic carbocycles. The Balaban J connectivity index is 1.38. The molecule has 38 heavy (non-hydrogen) atoms. The Labute approximate surface area is 220 Å². The molecule has 0 radical (unpaired) electrons. The zero-order chi connectivity index (χ0) is 27.0. The summed E-state index contributed by atoms with van der Waals surface area (Å²) in [7, 11) is 0. The number of halogens is 3. The summed E-state index contributed by atoms with van der Waals surface area (Å²) in [6.45, 7) is 3.59. The Morgan fingerprint density at radius 2 is 1.74 bits per heavy atom. The van der Waals surface area contributed by atoms with Gasteiger partial charge in [-0.1, -0.05) is 48.5 Å². The van der Waals surface area contributed by atoms with Crippen LogP contribution in [0.15, 0.2) is 54.6 Å². The number of carbonyl (C=O) groups is 2. The fourth-order valence-corrected chi connectivity index (χ4v) is 6.04. The number of likely N-dealkylation sites (tertiary alicyclic amines) is 1. The first kappa shape index (κ1) is 26.5. The fraction of sp³-hybridized carbons (Fsp3) is 0.517. The minimum Gasteiger partial charge on any atom is -0.493 e. The average Bonchev–Trinajstić information content (AvgIpc) is 2.88. The van der Waals surface area contributed by atoms with Gasteiger partial charge >= 0.3 is 6.18 Å². The summed E-state index contributed by atoms with van der Waals surface area (Å²) in [6.07, 6.45) is -3.62. The van der Waals surface area contributed by atoms with Gasteiger partial charge < -0.3 is 19.7 Å². The first-order valence-corrected chi connectivity index (χ1v) is 13.1. The van der Waals surface area contributed by atoms with Crippen LogP contribution in [0.25, 0.3) is 0 Å². The van der Waals surface area contributed by atoms with Crippen molar-refractivity contribution in [2.45, 2.75) is 43.7 Å². The molecule has 3 fully saturated rings. The van der Waals surface area contributed by atoms with Crippen LogP contribution < -0.4 is 10.1 Å². The number of para-hydroxylation sites is 1. The summed E-state index contributed by atoms with van der Waals surface area (Å²) in [5.74, 6) is 0.0104. The molecule has 2 aromatic rings. The SMILES string of the molecule is C[C@@](C(=O)N1CCC2(CC1)CC(=O)NCC2c1ccccc1OCC1COC1)(c1ccccc1)C(F)(F)F. The van der Waals surface area contributed by atoms with Gasteiger partial charge in [0.1, 0.15) is 5.75 Å². The predicted molar refractivity (Wildman–Crippen MR) is 135 cm³/mol. The number of amides is 2. The summed E-state index contributed by atoms with van der Waals surface area (Å²) >= 11 is 0. The van der Waals surface area contributed by atoms with Gasteiger partial charge in [0, 0.05) is 37.9 Å². The lowest BCUT2D eigenvalue weighted by molar-refractivity contribution is -0.198. The molecule has 0 aromatic heterocycles. The van der Waals surface area contributed by atoms with E-state index in [0.29, 0.717) is 45.1 Å². The van der Waals surface area contributed by atoms with Crippen molar-refractivity contribution in [2.75, 3.05) is 39.5 Å². The van der Waals surface area contributed by atoms with Crippen molar-refractivity contribution in [3.63, 3.8) is 0 Å². The first-order valence-electron chi connectivity index (χ1n) is 13.1. The zero-order valence-electron chi connectivity index (χ0n) is 21.4. The largest absolute Gasteiger partial charge is 0.493 e. The fourth-order valence-electron chi connectivity index (χ4n) is 6.04. The molecule has 9 heteroatoms. The number of nitrogens with zero attached hydrogens (tertiary/aromatic N) is 1. The van der Waals surface area contributed by atoms with Crippen LogP contribution in [0.2, 0.25) is 0 Å². The first-order chi connectivity index (χ1) is 18.1. The van der Waals surface area contributed by atoms with Gasteiger partial charge in [-0.2, -0.15) is 13.2 Å². The molecular weight excluding hydrogens is 497 g/mol. The van der Waals surface area contributed by atoms with Crippen molar-refractivity contribution in [3.05, 3.63) is 65.7 Å². The van der Waals surface area contributed by atoms with Crippen molar-refractivity contribution >= 4 is 11.8 Å². The second-order valence-corrected chi connectivity index (χ2v) is 10.9. The molecule has 3 aliphatic heterocycles. The number of alkyl halides is 3. The summed E-state index contributed by atoms with van der Waals surface area (Å²) in [6, 6.07) is 15.1. The Morgan fingerprint density at radius 1 is 1.08 bits per heavy atom. The molecule has 3 heterocycles. The minimum atomic E-state index is -4.75. The molecule has 5 rings (SSSR count). The van der Waals surface area contributed by atoms with E-state index in [1.54, 1.807) is 6.07 Å². The van der Waals surface area contributed by atoms with Gasteiger partial charge in [-0.05, 0) is 42.4 Å². The summed E-state index contributed by atoms with van der Waals surface area (Å²) in [5.41, 5.74) is -2.21. The number of hydrogen-bond acceptors (Lipinski definition) is 4. The smallest absolute Gasteiger partial charge is 0.406 e. The maximum atomic E-state index is 14.4. The lowest BCUT2D eigenvalue weighted by atomic mass is 9.62. The lowest BCUT2D eigenvalue weighted by Gasteiger charge is -2.50. The maximum absolute atomic E-state index is 14.4. The average molecular weight is 531 g/mol. The monoisotopic (exact) mass is 530 g/mol. The van der Waals surface area contributed by atoms with Crippen LogP contribution in [-0.4, -0.2) is 62.3 Å². The van der Waals surface area contributed by atoms with Gasteiger partial charge in [0.15, 0.2) is 5.41 Å². The van der Waals surface area contributed by atoms with Crippen molar-refractivity contribution in [3.8, 4) is 5.75 Å². The van der Waals surface area contributed by atoms with Gasteiger partial charge in [-0.3, -0.25) is 9.59 Å². The van der Waals surface area contributed by atoms with Crippen molar-refractivity contribution in [2.24, 2.45) is 11.3 Å². The number of rotatable bonds is 6. The van der Waals surface area contributed by atoms with Gasteiger partial charge in [0.2, 0.25) is 11.8 Å². The summed E-state index contributed by atoms with van der Waals surface area (Å²) < 4.78 is 54.5. The molecule has 6 nitrogen and oxygen atoms in total. The van der Waals surface area contributed by atoms with Crippen molar-refractivity contribution in [1.82, 2.24) is 10.2 Å². The van der Waals surface area contributed by atoms with Gasteiger partial charge in [-0.25, -0.2) is 0 Å². The molecule has 1 spiro atoms. The number of benzene rings is 2. The second-order valence-electron chi connectivity index (χ2n) is 10.9. The van der Waals surface area contributed by atoms with Crippen LogP contribution in [0.1, 0.15) is 43.2 Å². The standard InChI is InChI=1S/C29H33F3N2O4/c1-27(29(30,31)32,21-7-3-2-4-8-21)26(36)34-13-11-28(12-14-34)15-25(35)33-16-23(28)22-9-5-6-10-24(22)38-19-20-17-37-18-20/h2-10,20,23H,11-19H2,1H3,(H,33,35)/t23?,27-/m0/s1. The number of piperidine rings is 2. The molecule has 2 aromatic carbocycles. The molecule has 0 bridgehead atoms. The molecule has 3 saturated heterocycles.